The monoisotopic (exact) mass is 477 g/mol. The molecule has 0 N–H and O–H groups in total. The molecular formula is C20H20F3O8S-. The molecule has 0 radical (unpaired) electrons. The first kappa shape index (κ1) is 25.4. The molecule has 0 saturated heterocycles. The third-order valence-corrected chi connectivity index (χ3v) is 4.85. The van der Waals surface area contributed by atoms with E-state index in [0.29, 0.717) is 0 Å². The maximum Gasteiger partial charge on any atom is 0.573 e. The van der Waals surface area contributed by atoms with Crippen LogP contribution in [0.3, 0.4) is 0 Å². The van der Waals surface area contributed by atoms with Gasteiger partial charge in [0.1, 0.15) is 6.61 Å². The maximum atomic E-state index is 12.8. The van der Waals surface area contributed by atoms with Gasteiger partial charge >= 0.3 is 12.3 Å². The molecule has 0 bridgehead atoms. The van der Waals surface area contributed by atoms with E-state index in [1.165, 1.54) is 7.11 Å². The number of benzene rings is 2. The normalized spacial score (nSPS) is 13.8. The highest BCUT2D eigenvalue weighted by Crippen LogP contribution is 2.36. The second kappa shape index (κ2) is 10.7. The second-order valence-electron chi connectivity index (χ2n) is 6.53. The summed E-state index contributed by atoms with van der Waals surface area (Å²) in [4.78, 5) is 12.1. The lowest BCUT2D eigenvalue weighted by atomic mass is 10.0. The van der Waals surface area contributed by atoms with Gasteiger partial charge in [-0.2, -0.15) is 0 Å². The van der Waals surface area contributed by atoms with Crippen molar-refractivity contribution in [3.05, 3.63) is 59.7 Å². The van der Waals surface area contributed by atoms with E-state index in [1.54, 1.807) is 37.3 Å². The van der Waals surface area contributed by atoms with E-state index >= 15 is 0 Å². The smallest absolute Gasteiger partial charge is 0.573 e. The van der Waals surface area contributed by atoms with Crippen LogP contribution in [-0.2, 0) is 19.6 Å². The van der Waals surface area contributed by atoms with Crippen molar-refractivity contribution in [3.63, 3.8) is 0 Å². The van der Waals surface area contributed by atoms with Gasteiger partial charge in [0, 0.05) is 13.0 Å². The minimum Gasteiger partial charge on any atom is -0.748 e. The number of hydrogen-bond acceptors (Lipinski definition) is 8. The Morgan fingerprint density at radius 3 is 2.31 bits per heavy atom. The number of hydrogen-bond donors (Lipinski definition) is 0. The van der Waals surface area contributed by atoms with E-state index in [2.05, 4.69) is 9.47 Å². The molecule has 0 saturated carbocycles. The zero-order chi connectivity index (χ0) is 23.9. The maximum absolute atomic E-state index is 12.8. The topological polar surface area (TPSA) is 111 Å². The summed E-state index contributed by atoms with van der Waals surface area (Å²) >= 11 is 0. The number of esters is 1. The lowest BCUT2D eigenvalue weighted by Gasteiger charge is -2.25. The van der Waals surface area contributed by atoms with Crippen molar-refractivity contribution in [2.75, 3.05) is 19.5 Å². The average molecular weight is 477 g/mol. The summed E-state index contributed by atoms with van der Waals surface area (Å²) in [7, 11) is -3.30. The van der Waals surface area contributed by atoms with E-state index in [0.717, 1.165) is 23.8 Å². The predicted octanol–water partition coefficient (Wildman–Crippen LogP) is 3.44. The van der Waals surface area contributed by atoms with Crippen LogP contribution >= 0.6 is 0 Å². The Labute approximate surface area is 182 Å². The molecule has 0 spiro atoms. The van der Waals surface area contributed by atoms with E-state index in [4.69, 9.17) is 9.47 Å². The molecule has 0 aliphatic heterocycles. The molecule has 32 heavy (non-hydrogen) atoms. The minimum absolute atomic E-state index is 0.250. The number of carbonyl (C=O) groups excluding carboxylic acids is 1. The predicted molar refractivity (Wildman–Crippen MR) is 104 cm³/mol. The van der Waals surface area contributed by atoms with Crippen molar-refractivity contribution in [2.45, 2.75) is 25.5 Å². The first-order chi connectivity index (χ1) is 14.9. The van der Waals surface area contributed by atoms with Crippen LogP contribution in [0, 0.1) is 0 Å². The van der Waals surface area contributed by atoms with Gasteiger partial charge in [0.05, 0.1) is 21.4 Å². The van der Waals surface area contributed by atoms with E-state index in [9.17, 15) is 30.9 Å². The molecule has 12 heteroatoms. The van der Waals surface area contributed by atoms with Crippen LogP contribution in [0.1, 0.15) is 28.8 Å². The van der Waals surface area contributed by atoms with E-state index in [-0.39, 0.29) is 5.56 Å². The van der Waals surface area contributed by atoms with Crippen LogP contribution in [-0.4, -0.2) is 51.1 Å². The van der Waals surface area contributed by atoms with Crippen molar-refractivity contribution in [1.82, 2.24) is 0 Å². The van der Waals surface area contributed by atoms with Gasteiger partial charge < -0.3 is 23.5 Å². The quantitative estimate of drug-likeness (QED) is 0.291. The average Bonchev–Trinajstić information content (AvgIpc) is 2.71. The Balaban J connectivity index is 2.29. The number of halogens is 3. The van der Waals surface area contributed by atoms with Gasteiger partial charge in [-0.3, -0.25) is 0 Å². The molecule has 2 atom stereocenters. The largest absolute Gasteiger partial charge is 0.748 e. The summed E-state index contributed by atoms with van der Waals surface area (Å²) < 4.78 is 89.8. The van der Waals surface area contributed by atoms with Gasteiger partial charge in [-0.05, 0) is 23.8 Å². The molecule has 2 aromatic carbocycles. The minimum atomic E-state index is -5.03. The molecule has 8 nitrogen and oxygen atoms in total. The molecule has 0 fully saturated rings. The number of carbonyl (C=O) groups is 1. The zero-order valence-corrected chi connectivity index (χ0v) is 17.8. The molecule has 0 aromatic heterocycles. The fourth-order valence-electron chi connectivity index (χ4n) is 2.65. The van der Waals surface area contributed by atoms with Crippen LogP contribution in [0.5, 0.6) is 11.5 Å². The van der Waals surface area contributed by atoms with Crippen LogP contribution in [0.25, 0.3) is 0 Å². The number of alkyl halides is 3. The highest BCUT2D eigenvalue weighted by atomic mass is 32.2. The third-order valence-electron chi connectivity index (χ3n) is 4.18. The molecule has 176 valence electrons. The highest BCUT2D eigenvalue weighted by Gasteiger charge is 2.33. The third kappa shape index (κ3) is 8.02. The summed E-state index contributed by atoms with van der Waals surface area (Å²) in [6.45, 7) is 1.02. The lowest BCUT2D eigenvalue weighted by Crippen LogP contribution is -2.27. The highest BCUT2D eigenvalue weighted by molar-refractivity contribution is 7.85. The SMILES string of the molecule is COC(Oc1cc(C(=O)OCCS(=O)(=O)[O-])ccc1OC(F)(F)F)C(C)c1ccccc1. The van der Waals surface area contributed by atoms with Gasteiger partial charge in [-0.1, -0.05) is 37.3 Å². The molecule has 2 rings (SSSR count). The number of ether oxygens (including phenoxy) is 4. The molecular weight excluding hydrogens is 457 g/mol. The first-order valence-electron chi connectivity index (χ1n) is 9.14. The summed E-state index contributed by atoms with van der Waals surface area (Å²) in [6, 6.07) is 11.7. The van der Waals surface area contributed by atoms with Gasteiger partial charge in [0.25, 0.3) is 0 Å². The first-order valence-corrected chi connectivity index (χ1v) is 10.7. The number of rotatable bonds is 10. The van der Waals surface area contributed by atoms with Gasteiger partial charge in [0.15, 0.2) is 11.5 Å². The summed E-state index contributed by atoms with van der Waals surface area (Å²) in [5.74, 6) is -3.61. The van der Waals surface area contributed by atoms with E-state index in [1.807, 2.05) is 0 Å². The molecule has 0 heterocycles. The van der Waals surface area contributed by atoms with E-state index < -0.39 is 58.5 Å². The molecule has 2 aromatic rings. The summed E-state index contributed by atoms with van der Waals surface area (Å²) in [6.07, 6.45) is -6.08. The van der Waals surface area contributed by atoms with Crippen LogP contribution in [0.15, 0.2) is 48.5 Å². The fourth-order valence-corrected chi connectivity index (χ4v) is 2.94. The molecule has 0 aliphatic rings. The second-order valence-corrected chi connectivity index (χ2v) is 8.05. The Morgan fingerprint density at radius 1 is 1.09 bits per heavy atom. The fraction of sp³-hybridized carbons (Fsp3) is 0.350. The van der Waals surface area contributed by atoms with Crippen LogP contribution < -0.4 is 9.47 Å². The summed E-state index contributed by atoms with van der Waals surface area (Å²) in [5, 5.41) is 0. The lowest BCUT2D eigenvalue weighted by molar-refractivity contribution is -0.275. The van der Waals surface area contributed by atoms with Crippen molar-refractivity contribution in [1.29, 1.82) is 0 Å². The van der Waals surface area contributed by atoms with Crippen molar-refractivity contribution < 1.29 is 49.9 Å². The van der Waals surface area contributed by atoms with Gasteiger partial charge in [-0.15, -0.1) is 13.2 Å². The Bertz CT molecular complexity index is 1010. The Kier molecular flexibility index (Phi) is 8.47. The molecule has 0 aliphatic carbocycles. The van der Waals surface area contributed by atoms with Gasteiger partial charge in [0.2, 0.25) is 6.29 Å². The molecule has 0 amide bonds. The zero-order valence-electron chi connectivity index (χ0n) is 17.0. The van der Waals surface area contributed by atoms with Gasteiger partial charge in [-0.25, -0.2) is 13.2 Å². The van der Waals surface area contributed by atoms with Crippen LogP contribution in [0.2, 0.25) is 0 Å². The van der Waals surface area contributed by atoms with Crippen LogP contribution in [0.4, 0.5) is 13.2 Å². The number of methoxy groups -OCH3 is 1. The van der Waals surface area contributed by atoms with Crippen molar-refractivity contribution >= 4 is 16.1 Å². The molecule has 2 unspecified atom stereocenters. The summed E-state index contributed by atoms with van der Waals surface area (Å²) in [5.41, 5.74) is 0.534. The van der Waals surface area contributed by atoms with Crippen molar-refractivity contribution in [2.24, 2.45) is 0 Å². The standard InChI is InChI=1S/C20H21F3O8S/c1-13(14-6-4-3-5-7-14)19(28-2)30-17-12-15(8-9-16(17)31-20(21,22)23)18(24)29-10-11-32(25,26)27/h3-9,12-13,19H,10-11H2,1-2H3,(H,25,26,27)/p-1. The Morgan fingerprint density at radius 2 is 1.75 bits per heavy atom. The Hall–Kier alpha value is -2.83. The van der Waals surface area contributed by atoms with Crippen molar-refractivity contribution in [3.8, 4) is 11.5 Å².